The van der Waals surface area contributed by atoms with Gasteiger partial charge in [-0.25, -0.2) is 8.42 Å². The Morgan fingerprint density at radius 1 is 1.20 bits per heavy atom. The average molecular weight is 499 g/mol. The predicted molar refractivity (Wildman–Crippen MR) is 129 cm³/mol. The first-order valence-electron chi connectivity index (χ1n) is 11.8. The van der Waals surface area contributed by atoms with Crippen molar-refractivity contribution in [2.24, 2.45) is 5.92 Å². The summed E-state index contributed by atoms with van der Waals surface area (Å²) in [6.07, 6.45) is 4.02. The molecule has 0 bridgehead atoms. The van der Waals surface area contributed by atoms with Crippen LogP contribution in [0.2, 0.25) is 0 Å². The maximum Gasteiger partial charge on any atom is 0.251 e. The number of aryl methyl sites for hydroxylation is 1. The maximum absolute atomic E-state index is 13.1. The van der Waals surface area contributed by atoms with Crippen LogP contribution in [-0.4, -0.2) is 71.9 Å². The number of carbonyl (C=O) groups excluding carboxylic acids is 3. The van der Waals surface area contributed by atoms with Crippen molar-refractivity contribution in [3.05, 3.63) is 59.9 Å². The van der Waals surface area contributed by atoms with E-state index in [1.54, 1.807) is 12.1 Å². The Morgan fingerprint density at radius 3 is 2.63 bits per heavy atom. The molecule has 0 radical (unpaired) electrons. The van der Waals surface area contributed by atoms with Crippen molar-refractivity contribution in [2.75, 3.05) is 19.6 Å². The van der Waals surface area contributed by atoms with Crippen LogP contribution >= 0.6 is 0 Å². The van der Waals surface area contributed by atoms with Gasteiger partial charge in [0.05, 0.1) is 12.6 Å². The van der Waals surface area contributed by atoms with Crippen LogP contribution in [0.15, 0.2) is 53.7 Å². The SMILES string of the molecule is Cc1ccc(C(=O)NCCC(C)CC(=O)N2CCC3C2C(=O)CN3S(=O)(=O)c2cccnc2)cc1. The molecule has 2 aliphatic rings. The first-order valence-corrected chi connectivity index (χ1v) is 13.2. The molecule has 9 nitrogen and oxygen atoms in total. The van der Waals surface area contributed by atoms with Crippen molar-refractivity contribution in [3.63, 3.8) is 0 Å². The van der Waals surface area contributed by atoms with Gasteiger partial charge < -0.3 is 10.2 Å². The quantitative estimate of drug-likeness (QED) is 0.593. The molecule has 3 heterocycles. The third kappa shape index (κ3) is 5.28. The van der Waals surface area contributed by atoms with Gasteiger partial charge in [0, 0.05) is 37.5 Å². The fourth-order valence-corrected chi connectivity index (χ4v) is 6.35. The van der Waals surface area contributed by atoms with Gasteiger partial charge >= 0.3 is 0 Å². The van der Waals surface area contributed by atoms with Crippen molar-refractivity contribution in [1.29, 1.82) is 0 Å². The van der Waals surface area contributed by atoms with Gasteiger partial charge in [0.2, 0.25) is 15.9 Å². The fraction of sp³-hybridized carbons (Fsp3) is 0.440. The molecule has 0 saturated carbocycles. The van der Waals surface area contributed by atoms with Crippen molar-refractivity contribution in [3.8, 4) is 0 Å². The van der Waals surface area contributed by atoms with Crippen LogP contribution < -0.4 is 5.32 Å². The van der Waals surface area contributed by atoms with Crippen molar-refractivity contribution in [1.82, 2.24) is 19.5 Å². The van der Waals surface area contributed by atoms with E-state index in [0.717, 1.165) is 5.56 Å². The number of nitrogens with one attached hydrogen (secondary N) is 1. The van der Waals surface area contributed by atoms with Crippen LogP contribution in [0.4, 0.5) is 0 Å². The summed E-state index contributed by atoms with van der Waals surface area (Å²) in [6.45, 7) is 4.43. The van der Waals surface area contributed by atoms with E-state index in [1.807, 2.05) is 26.0 Å². The number of benzene rings is 1. The summed E-state index contributed by atoms with van der Waals surface area (Å²) in [7, 11) is -3.87. The molecule has 2 aliphatic heterocycles. The number of aromatic nitrogens is 1. The fourth-order valence-electron chi connectivity index (χ4n) is 4.76. The van der Waals surface area contributed by atoms with Crippen LogP contribution in [0.5, 0.6) is 0 Å². The molecule has 2 aromatic rings. The number of amides is 2. The average Bonchev–Trinajstić information content (AvgIpc) is 3.41. The van der Waals surface area contributed by atoms with E-state index in [2.05, 4.69) is 10.3 Å². The summed E-state index contributed by atoms with van der Waals surface area (Å²) in [5.41, 5.74) is 1.67. The third-order valence-electron chi connectivity index (χ3n) is 6.70. The number of likely N-dealkylation sites (tertiary alicyclic amines) is 1. The Morgan fingerprint density at radius 2 is 1.94 bits per heavy atom. The van der Waals surface area contributed by atoms with E-state index in [-0.39, 0.29) is 41.4 Å². The number of carbonyl (C=O) groups is 3. The Bertz CT molecular complexity index is 1200. The Labute approximate surface area is 205 Å². The van der Waals surface area contributed by atoms with Crippen LogP contribution in [0, 0.1) is 12.8 Å². The Balaban J connectivity index is 1.31. The van der Waals surface area contributed by atoms with E-state index >= 15 is 0 Å². The minimum Gasteiger partial charge on any atom is -0.352 e. The largest absolute Gasteiger partial charge is 0.352 e. The highest BCUT2D eigenvalue weighted by atomic mass is 32.2. The predicted octanol–water partition coefficient (Wildman–Crippen LogP) is 1.78. The second kappa shape index (κ2) is 10.2. The monoisotopic (exact) mass is 498 g/mol. The molecule has 3 atom stereocenters. The zero-order valence-corrected chi connectivity index (χ0v) is 20.7. The lowest BCUT2D eigenvalue weighted by atomic mass is 10.0. The second-order valence-corrected chi connectivity index (χ2v) is 11.2. The summed E-state index contributed by atoms with van der Waals surface area (Å²) in [5.74, 6) is -0.584. The smallest absolute Gasteiger partial charge is 0.251 e. The molecule has 2 amide bonds. The van der Waals surface area contributed by atoms with Gasteiger partial charge in [-0.15, -0.1) is 0 Å². The molecule has 2 saturated heterocycles. The molecule has 1 N–H and O–H groups in total. The lowest BCUT2D eigenvalue weighted by molar-refractivity contribution is -0.137. The summed E-state index contributed by atoms with van der Waals surface area (Å²) < 4.78 is 27.3. The molecule has 10 heteroatoms. The molecular weight excluding hydrogens is 468 g/mol. The van der Waals surface area contributed by atoms with Crippen molar-refractivity contribution >= 4 is 27.6 Å². The topological polar surface area (TPSA) is 117 Å². The number of rotatable bonds is 8. The molecule has 0 spiro atoms. The van der Waals surface area contributed by atoms with Gasteiger partial charge in [-0.2, -0.15) is 4.31 Å². The number of pyridine rings is 1. The molecule has 35 heavy (non-hydrogen) atoms. The van der Waals surface area contributed by atoms with E-state index in [1.165, 1.54) is 33.7 Å². The summed E-state index contributed by atoms with van der Waals surface area (Å²) in [4.78, 5) is 43.5. The minimum atomic E-state index is -3.87. The molecular formula is C25H30N4O5S. The van der Waals surface area contributed by atoms with Gasteiger partial charge in [-0.3, -0.25) is 19.4 Å². The highest BCUT2D eigenvalue weighted by Crippen LogP contribution is 2.34. The highest BCUT2D eigenvalue weighted by Gasteiger charge is 2.53. The van der Waals surface area contributed by atoms with E-state index in [4.69, 9.17) is 0 Å². The number of sulfonamides is 1. The second-order valence-electron chi connectivity index (χ2n) is 9.31. The molecule has 1 aromatic heterocycles. The van der Waals surface area contributed by atoms with E-state index < -0.39 is 22.1 Å². The standard InChI is InChI=1S/C25H30N4O5S/c1-17-5-7-19(8-6-17)25(32)27-12-9-18(2)14-23(31)28-13-10-21-24(28)22(30)16-29(21)35(33,34)20-4-3-11-26-15-20/h3-8,11,15,18,21,24H,9-10,12-14,16H2,1-2H3,(H,27,32). The zero-order chi connectivity index (χ0) is 25.2. The molecule has 3 unspecified atom stereocenters. The molecule has 2 fully saturated rings. The first-order chi connectivity index (χ1) is 16.7. The number of hydrogen-bond donors (Lipinski definition) is 1. The number of hydrogen-bond acceptors (Lipinski definition) is 6. The first kappa shape index (κ1) is 25.0. The number of Topliss-reactive ketones (excluding diaryl/α,β-unsaturated/α-hetero) is 1. The summed E-state index contributed by atoms with van der Waals surface area (Å²) in [5, 5.41) is 2.88. The van der Waals surface area contributed by atoms with Crippen molar-refractivity contribution in [2.45, 2.75) is 50.1 Å². The van der Waals surface area contributed by atoms with Crippen molar-refractivity contribution < 1.29 is 22.8 Å². The zero-order valence-electron chi connectivity index (χ0n) is 19.9. The Kier molecular flexibility index (Phi) is 7.32. The molecule has 1 aromatic carbocycles. The number of nitrogens with zero attached hydrogens (tertiary/aromatic N) is 3. The lowest BCUT2D eigenvalue weighted by Crippen LogP contribution is -2.44. The normalized spacial score (nSPS) is 21.1. The lowest BCUT2D eigenvalue weighted by Gasteiger charge is -2.25. The van der Waals surface area contributed by atoms with Gasteiger partial charge in [0.25, 0.3) is 5.91 Å². The molecule has 0 aliphatic carbocycles. The van der Waals surface area contributed by atoms with E-state index in [9.17, 15) is 22.8 Å². The Hall–Kier alpha value is -3.11. The summed E-state index contributed by atoms with van der Waals surface area (Å²) >= 11 is 0. The number of fused-ring (bicyclic) bond motifs is 1. The van der Waals surface area contributed by atoms with Crippen LogP contribution in [-0.2, 0) is 19.6 Å². The van der Waals surface area contributed by atoms with E-state index in [0.29, 0.717) is 31.5 Å². The van der Waals surface area contributed by atoms with Gasteiger partial charge in [0.15, 0.2) is 5.78 Å². The minimum absolute atomic E-state index is 0.00778. The van der Waals surface area contributed by atoms with Gasteiger partial charge in [-0.1, -0.05) is 24.6 Å². The van der Waals surface area contributed by atoms with Gasteiger partial charge in [-0.05, 0) is 49.9 Å². The van der Waals surface area contributed by atoms with Crippen LogP contribution in [0.3, 0.4) is 0 Å². The maximum atomic E-state index is 13.1. The van der Waals surface area contributed by atoms with Crippen LogP contribution in [0.1, 0.15) is 42.1 Å². The molecule has 186 valence electrons. The van der Waals surface area contributed by atoms with Crippen LogP contribution in [0.25, 0.3) is 0 Å². The number of ketones is 1. The molecule has 4 rings (SSSR count). The highest BCUT2D eigenvalue weighted by molar-refractivity contribution is 7.89. The third-order valence-corrected chi connectivity index (χ3v) is 8.55. The van der Waals surface area contributed by atoms with Gasteiger partial charge in [0.1, 0.15) is 10.9 Å². The summed E-state index contributed by atoms with van der Waals surface area (Å²) in [6, 6.07) is 9.01.